The Balaban J connectivity index is 1.22. The van der Waals surface area contributed by atoms with Crippen molar-refractivity contribution in [1.29, 1.82) is 0 Å². The number of hydrogen-bond donors (Lipinski definition) is 1. The third kappa shape index (κ3) is 3.51. The highest BCUT2D eigenvalue weighted by molar-refractivity contribution is 5.82. The molecule has 0 bridgehead atoms. The van der Waals surface area contributed by atoms with Gasteiger partial charge >= 0.3 is 6.18 Å². The lowest BCUT2D eigenvalue weighted by atomic mass is 9.92. The Morgan fingerprint density at radius 2 is 1.88 bits per heavy atom. The zero-order valence-corrected chi connectivity index (χ0v) is 18.6. The van der Waals surface area contributed by atoms with Crippen molar-refractivity contribution >= 4 is 17.4 Å². The lowest BCUT2D eigenvalue weighted by Crippen LogP contribution is -2.56. The molecule has 0 atom stereocenters. The van der Waals surface area contributed by atoms with Crippen LogP contribution in [0.3, 0.4) is 0 Å². The first-order chi connectivity index (χ1) is 16.4. The molecule has 5 heterocycles. The van der Waals surface area contributed by atoms with Crippen LogP contribution in [0.5, 0.6) is 0 Å². The topological polar surface area (TPSA) is 65.8 Å². The highest BCUT2D eigenvalue weighted by atomic mass is 19.4. The maximum Gasteiger partial charge on any atom is 0.416 e. The van der Waals surface area contributed by atoms with Gasteiger partial charge in [0.1, 0.15) is 5.82 Å². The average Bonchev–Trinajstić information content (AvgIpc) is 3.12. The van der Waals surface area contributed by atoms with Gasteiger partial charge in [-0.05, 0) is 36.6 Å². The van der Waals surface area contributed by atoms with Crippen molar-refractivity contribution in [3.05, 3.63) is 58.4 Å². The van der Waals surface area contributed by atoms with Crippen LogP contribution in [0.1, 0.15) is 27.9 Å². The maximum atomic E-state index is 13.5. The van der Waals surface area contributed by atoms with Crippen LogP contribution in [0.4, 0.5) is 19.0 Å². The Labute approximate surface area is 194 Å². The summed E-state index contributed by atoms with van der Waals surface area (Å²) >= 11 is 0. The zero-order valence-electron chi connectivity index (χ0n) is 18.6. The molecule has 0 aliphatic carbocycles. The minimum atomic E-state index is -4.42. The van der Waals surface area contributed by atoms with Crippen LogP contribution in [0.25, 0.3) is 5.65 Å². The van der Waals surface area contributed by atoms with Crippen molar-refractivity contribution in [3.63, 3.8) is 0 Å². The lowest BCUT2D eigenvalue weighted by molar-refractivity contribution is -0.142. The molecule has 0 spiro atoms. The first-order valence-electron chi connectivity index (χ1n) is 11.7. The van der Waals surface area contributed by atoms with Gasteiger partial charge in [-0.1, -0.05) is 12.1 Å². The summed E-state index contributed by atoms with van der Waals surface area (Å²) in [5, 5.41) is 7.88. The number of amides is 1. The van der Waals surface area contributed by atoms with Gasteiger partial charge in [-0.25, -0.2) is 4.98 Å². The number of benzene rings is 1. The number of aromatic nitrogens is 3. The van der Waals surface area contributed by atoms with Crippen molar-refractivity contribution in [2.24, 2.45) is 5.92 Å². The van der Waals surface area contributed by atoms with Gasteiger partial charge in [-0.3, -0.25) is 4.79 Å². The molecule has 1 aromatic carbocycles. The summed E-state index contributed by atoms with van der Waals surface area (Å²) in [5.41, 5.74) is 3.30. The van der Waals surface area contributed by atoms with Crippen LogP contribution in [-0.4, -0.2) is 58.1 Å². The second-order valence-electron chi connectivity index (χ2n) is 9.26. The van der Waals surface area contributed by atoms with Crippen LogP contribution in [-0.2, 0) is 36.8 Å². The molecule has 0 unspecified atom stereocenters. The number of hydrogen-bond acceptors (Lipinski definition) is 5. The quantitative estimate of drug-likeness (QED) is 0.624. The molecule has 1 N–H and O–H groups in total. The third-order valence-corrected chi connectivity index (χ3v) is 7.20. The van der Waals surface area contributed by atoms with Crippen molar-refractivity contribution < 1.29 is 18.0 Å². The van der Waals surface area contributed by atoms with Crippen LogP contribution in [0, 0.1) is 5.92 Å². The molecule has 0 saturated carbocycles. The number of fused-ring (bicyclic) bond motifs is 3. The normalized spacial score (nSPS) is 18.9. The molecule has 1 fully saturated rings. The molecule has 3 aliphatic rings. The fourth-order valence-electron chi connectivity index (χ4n) is 5.44. The Kier molecular flexibility index (Phi) is 5.02. The zero-order chi connectivity index (χ0) is 23.4. The smallest absolute Gasteiger partial charge is 0.354 e. The molecule has 0 radical (unpaired) electrons. The number of halogens is 3. The van der Waals surface area contributed by atoms with Crippen molar-refractivity contribution in [3.8, 4) is 0 Å². The van der Waals surface area contributed by atoms with Crippen LogP contribution >= 0.6 is 0 Å². The van der Waals surface area contributed by atoms with E-state index in [-0.39, 0.29) is 23.9 Å². The van der Waals surface area contributed by atoms with E-state index in [1.54, 1.807) is 17.2 Å². The van der Waals surface area contributed by atoms with Gasteiger partial charge < -0.3 is 15.1 Å². The van der Waals surface area contributed by atoms with E-state index in [9.17, 15) is 18.0 Å². The Morgan fingerprint density at radius 1 is 1.06 bits per heavy atom. The van der Waals surface area contributed by atoms with Gasteiger partial charge in [-0.15, -0.1) is 0 Å². The van der Waals surface area contributed by atoms with Crippen LogP contribution in [0.2, 0.25) is 0 Å². The summed E-state index contributed by atoms with van der Waals surface area (Å²) in [5.74, 6) is 0.677. The summed E-state index contributed by atoms with van der Waals surface area (Å²) < 4.78 is 42.4. The summed E-state index contributed by atoms with van der Waals surface area (Å²) in [4.78, 5) is 21.8. The molecule has 7 nitrogen and oxygen atoms in total. The van der Waals surface area contributed by atoms with E-state index in [1.165, 1.54) is 6.07 Å². The molecule has 1 amide bonds. The molecule has 34 heavy (non-hydrogen) atoms. The largest absolute Gasteiger partial charge is 0.416 e. The number of nitrogens with zero attached hydrogens (tertiary/aromatic N) is 5. The molecule has 6 rings (SSSR count). The second kappa shape index (κ2) is 7.97. The molecule has 3 aliphatic heterocycles. The Morgan fingerprint density at radius 3 is 2.71 bits per heavy atom. The molecule has 10 heteroatoms. The minimum absolute atomic E-state index is 0.0140. The SMILES string of the molecule is O=C(C1CN(c2c3c(nc4ccnn24)CCNCC3)C1)N1CCc2cccc(C(F)(F)F)c2C1. The summed E-state index contributed by atoms with van der Waals surface area (Å²) in [6, 6.07) is 6.17. The predicted octanol–water partition coefficient (Wildman–Crippen LogP) is 2.46. The highest BCUT2D eigenvalue weighted by Crippen LogP contribution is 2.37. The predicted molar refractivity (Wildman–Crippen MR) is 120 cm³/mol. The van der Waals surface area contributed by atoms with Crippen molar-refractivity contribution in [2.45, 2.75) is 32.0 Å². The summed E-state index contributed by atoms with van der Waals surface area (Å²) in [7, 11) is 0. The van der Waals surface area contributed by atoms with Crippen molar-refractivity contribution in [1.82, 2.24) is 24.8 Å². The van der Waals surface area contributed by atoms with Crippen LogP contribution in [0.15, 0.2) is 30.5 Å². The molecule has 178 valence electrons. The highest BCUT2D eigenvalue weighted by Gasteiger charge is 2.41. The number of nitrogens with one attached hydrogen (secondary N) is 1. The lowest BCUT2D eigenvalue weighted by Gasteiger charge is -2.43. The van der Waals surface area contributed by atoms with Crippen molar-refractivity contribution in [2.75, 3.05) is 37.6 Å². The van der Waals surface area contributed by atoms with Gasteiger partial charge in [0.2, 0.25) is 5.91 Å². The average molecular weight is 470 g/mol. The fraction of sp³-hybridized carbons (Fsp3) is 0.458. The van der Waals surface area contributed by atoms with E-state index >= 15 is 0 Å². The number of anilines is 1. The molecule has 3 aromatic rings. The van der Waals surface area contributed by atoms with Gasteiger partial charge in [0.25, 0.3) is 0 Å². The number of carbonyl (C=O) groups excluding carboxylic acids is 1. The van der Waals surface area contributed by atoms with E-state index in [4.69, 9.17) is 4.98 Å². The summed E-state index contributed by atoms with van der Waals surface area (Å²) in [6.45, 7) is 3.26. The number of alkyl halides is 3. The molecule has 1 saturated heterocycles. The first-order valence-corrected chi connectivity index (χ1v) is 11.7. The minimum Gasteiger partial charge on any atom is -0.354 e. The molecule has 2 aromatic heterocycles. The Hall–Kier alpha value is -3.14. The van der Waals surface area contributed by atoms with Gasteiger partial charge in [0, 0.05) is 50.8 Å². The fourth-order valence-corrected chi connectivity index (χ4v) is 5.44. The molecular weight excluding hydrogens is 445 g/mol. The van der Waals surface area contributed by atoms with Gasteiger partial charge in [0.15, 0.2) is 5.65 Å². The monoisotopic (exact) mass is 470 g/mol. The molecular formula is C24H25F3N6O. The van der Waals surface area contributed by atoms with E-state index in [1.807, 2.05) is 10.6 Å². The number of carbonyl (C=O) groups is 1. The van der Waals surface area contributed by atoms with Gasteiger partial charge in [0.05, 0.1) is 23.4 Å². The third-order valence-electron chi connectivity index (χ3n) is 7.20. The van der Waals surface area contributed by atoms with E-state index in [2.05, 4.69) is 15.3 Å². The van der Waals surface area contributed by atoms with E-state index < -0.39 is 11.7 Å². The first kappa shape index (κ1) is 21.4. The maximum absolute atomic E-state index is 13.5. The summed E-state index contributed by atoms with van der Waals surface area (Å²) in [6.07, 6.45) is -0.566. The second-order valence-corrected chi connectivity index (χ2v) is 9.26. The van der Waals surface area contributed by atoms with Crippen LogP contribution < -0.4 is 10.2 Å². The van der Waals surface area contributed by atoms with E-state index in [0.717, 1.165) is 54.7 Å². The van der Waals surface area contributed by atoms with Gasteiger partial charge in [-0.2, -0.15) is 22.8 Å². The number of rotatable bonds is 2. The van der Waals surface area contributed by atoms with E-state index in [0.29, 0.717) is 31.6 Å². The standard InChI is InChI=1S/C24H25F3N6O/c25-24(26,27)19-3-1-2-15-7-11-31(14-18(15)19)23(34)16-12-32(13-16)22-17-4-8-28-9-5-20(17)30-21-6-10-29-33(21)22/h1-3,6,10,16,28H,4-5,7-9,11-14H2. The Bertz CT molecular complexity index is 1260.